The Bertz CT molecular complexity index is 868. The molecule has 136 valence electrons. The van der Waals surface area contributed by atoms with Gasteiger partial charge in [-0.3, -0.25) is 19.7 Å². The molecule has 0 aromatic heterocycles. The van der Waals surface area contributed by atoms with Crippen LogP contribution in [0.4, 0.5) is 11.4 Å². The van der Waals surface area contributed by atoms with Crippen LogP contribution >= 0.6 is 15.9 Å². The number of aryl methyl sites for hydroxylation is 2. The van der Waals surface area contributed by atoms with Gasteiger partial charge in [0.05, 0.1) is 4.92 Å². The molecule has 0 aliphatic heterocycles. The molecular formula is C18H18BrN3O4. The lowest BCUT2D eigenvalue weighted by Crippen LogP contribution is -2.27. The van der Waals surface area contributed by atoms with Crippen LogP contribution in [0.15, 0.2) is 40.9 Å². The molecular weight excluding hydrogens is 402 g/mol. The Morgan fingerprint density at radius 3 is 2.50 bits per heavy atom. The molecule has 2 aromatic carbocycles. The Hall–Kier alpha value is -2.74. The molecule has 0 atom stereocenters. The highest BCUT2D eigenvalue weighted by atomic mass is 79.9. The number of carbonyl (C=O) groups is 2. The highest BCUT2D eigenvalue weighted by Gasteiger charge is 2.15. The third kappa shape index (κ3) is 5.13. The SMILES string of the molecule is Cc1ccc(Br)cc1NC(=O)CCNC(=O)c1ccc(C)c([N+](=O)[O-])c1. The van der Waals surface area contributed by atoms with Crippen LogP contribution in [-0.4, -0.2) is 23.3 Å². The molecule has 0 spiro atoms. The molecule has 0 fully saturated rings. The van der Waals surface area contributed by atoms with Gasteiger partial charge in [0.25, 0.3) is 11.6 Å². The largest absolute Gasteiger partial charge is 0.352 e. The number of carbonyl (C=O) groups excluding carboxylic acids is 2. The van der Waals surface area contributed by atoms with Crippen molar-refractivity contribution in [3.63, 3.8) is 0 Å². The summed E-state index contributed by atoms with van der Waals surface area (Å²) in [5.41, 5.74) is 2.18. The predicted octanol–water partition coefficient (Wildman–Crippen LogP) is 3.73. The van der Waals surface area contributed by atoms with Crippen molar-refractivity contribution in [3.8, 4) is 0 Å². The van der Waals surface area contributed by atoms with Gasteiger partial charge in [0.15, 0.2) is 0 Å². The van der Waals surface area contributed by atoms with Crippen LogP contribution in [-0.2, 0) is 4.79 Å². The van der Waals surface area contributed by atoms with Crippen LogP contribution in [0.3, 0.4) is 0 Å². The van der Waals surface area contributed by atoms with Crippen molar-refractivity contribution in [2.75, 3.05) is 11.9 Å². The first-order valence-electron chi connectivity index (χ1n) is 7.87. The zero-order valence-electron chi connectivity index (χ0n) is 14.3. The topological polar surface area (TPSA) is 101 Å². The van der Waals surface area contributed by atoms with Crippen LogP contribution in [0.5, 0.6) is 0 Å². The second kappa shape index (κ2) is 8.57. The van der Waals surface area contributed by atoms with E-state index in [2.05, 4.69) is 26.6 Å². The number of rotatable bonds is 6. The van der Waals surface area contributed by atoms with Crippen molar-refractivity contribution in [1.82, 2.24) is 5.32 Å². The highest BCUT2D eigenvalue weighted by Crippen LogP contribution is 2.21. The van der Waals surface area contributed by atoms with Gasteiger partial charge in [-0.15, -0.1) is 0 Å². The molecule has 2 N–H and O–H groups in total. The number of amides is 2. The monoisotopic (exact) mass is 419 g/mol. The summed E-state index contributed by atoms with van der Waals surface area (Å²) in [5.74, 6) is -0.694. The van der Waals surface area contributed by atoms with E-state index in [0.29, 0.717) is 11.3 Å². The van der Waals surface area contributed by atoms with Crippen LogP contribution in [0, 0.1) is 24.0 Å². The number of hydrogen-bond acceptors (Lipinski definition) is 4. The van der Waals surface area contributed by atoms with Crippen molar-refractivity contribution in [2.45, 2.75) is 20.3 Å². The standard InChI is InChI=1S/C18H18BrN3O4/c1-11-4-6-14(19)10-15(11)21-17(23)7-8-20-18(24)13-5-3-12(2)16(9-13)22(25)26/h3-6,9-10H,7-8H2,1-2H3,(H,20,24)(H,21,23). The second-order valence-electron chi connectivity index (χ2n) is 5.77. The lowest BCUT2D eigenvalue weighted by molar-refractivity contribution is -0.385. The van der Waals surface area contributed by atoms with E-state index in [9.17, 15) is 19.7 Å². The molecule has 0 aliphatic rings. The fraction of sp³-hybridized carbons (Fsp3) is 0.222. The Labute approximate surface area is 159 Å². The quantitative estimate of drug-likeness (QED) is 0.549. The summed E-state index contributed by atoms with van der Waals surface area (Å²) >= 11 is 3.35. The number of nitro benzene ring substituents is 1. The summed E-state index contributed by atoms with van der Waals surface area (Å²) < 4.78 is 0.854. The van der Waals surface area contributed by atoms with Gasteiger partial charge < -0.3 is 10.6 Å². The molecule has 26 heavy (non-hydrogen) atoms. The number of nitrogens with one attached hydrogen (secondary N) is 2. The van der Waals surface area contributed by atoms with E-state index in [1.165, 1.54) is 18.2 Å². The van der Waals surface area contributed by atoms with Crippen LogP contribution < -0.4 is 10.6 Å². The molecule has 0 aliphatic carbocycles. The van der Waals surface area contributed by atoms with E-state index < -0.39 is 10.8 Å². The Morgan fingerprint density at radius 2 is 1.81 bits per heavy atom. The fourth-order valence-corrected chi connectivity index (χ4v) is 2.64. The third-order valence-electron chi connectivity index (χ3n) is 3.78. The van der Waals surface area contributed by atoms with Crippen molar-refractivity contribution in [1.29, 1.82) is 0 Å². The molecule has 2 amide bonds. The van der Waals surface area contributed by atoms with Crippen LogP contribution in [0.1, 0.15) is 27.9 Å². The van der Waals surface area contributed by atoms with Gasteiger partial charge in [-0.1, -0.05) is 28.1 Å². The van der Waals surface area contributed by atoms with Crippen molar-refractivity contribution < 1.29 is 14.5 Å². The first-order chi connectivity index (χ1) is 12.3. The number of nitrogens with zero attached hydrogens (tertiary/aromatic N) is 1. The predicted molar refractivity (Wildman–Crippen MR) is 102 cm³/mol. The molecule has 0 unspecified atom stereocenters. The zero-order valence-corrected chi connectivity index (χ0v) is 15.9. The molecule has 7 nitrogen and oxygen atoms in total. The van der Waals surface area contributed by atoms with Crippen LogP contribution in [0.25, 0.3) is 0 Å². The number of benzene rings is 2. The summed E-state index contributed by atoms with van der Waals surface area (Å²) in [6.07, 6.45) is 0.0889. The maximum atomic E-state index is 12.1. The number of hydrogen-bond donors (Lipinski definition) is 2. The maximum absolute atomic E-state index is 12.1. The van der Waals surface area contributed by atoms with E-state index in [0.717, 1.165) is 10.0 Å². The number of anilines is 1. The molecule has 8 heteroatoms. The van der Waals surface area contributed by atoms with Gasteiger partial charge >= 0.3 is 0 Å². The van der Waals surface area contributed by atoms with Gasteiger partial charge in [0.1, 0.15) is 0 Å². The minimum atomic E-state index is -0.528. The summed E-state index contributed by atoms with van der Waals surface area (Å²) in [7, 11) is 0. The van der Waals surface area contributed by atoms with Gasteiger partial charge in [-0.2, -0.15) is 0 Å². The van der Waals surface area contributed by atoms with E-state index in [4.69, 9.17) is 0 Å². The van der Waals surface area contributed by atoms with Gasteiger partial charge in [-0.25, -0.2) is 0 Å². The first-order valence-corrected chi connectivity index (χ1v) is 8.66. The minimum Gasteiger partial charge on any atom is -0.352 e. The van der Waals surface area contributed by atoms with E-state index >= 15 is 0 Å². The zero-order chi connectivity index (χ0) is 19.3. The van der Waals surface area contributed by atoms with E-state index in [1.54, 1.807) is 13.0 Å². The Kier molecular flexibility index (Phi) is 6.46. The second-order valence-corrected chi connectivity index (χ2v) is 6.69. The lowest BCUT2D eigenvalue weighted by Gasteiger charge is -2.10. The lowest BCUT2D eigenvalue weighted by atomic mass is 10.1. The smallest absolute Gasteiger partial charge is 0.273 e. The van der Waals surface area contributed by atoms with Gasteiger partial charge in [-0.05, 0) is 37.6 Å². The van der Waals surface area contributed by atoms with Crippen molar-refractivity contribution >= 4 is 39.1 Å². The molecule has 2 rings (SSSR count). The summed E-state index contributed by atoms with van der Waals surface area (Å²) in [4.78, 5) is 34.5. The molecule has 0 bridgehead atoms. The molecule has 2 aromatic rings. The molecule has 0 heterocycles. The first kappa shape index (κ1) is 19.6. The van der Waals surface area contributed by atoms with Crippen LogP contribution in [0.2, 0.25) is 0 Å². The summed E-state index contributed by atoms with van der Waals surface area (Å²) in [6.45, 7) is 3.61. The normalized spacial score (nSPS) is 10.3. The summed E-state index contributed by atoms with van der Waals surface area (Å²) in [5, 5.41) is 16.3. The van der Waals surface area contributed by atoms with Gasteiger partial charge in [0.2, 0.25) is 5.91 Å². The average molecular weight is 420 g/mol. The number of halogens is 1. The highest BCUT2D eigenvalue weighted by molar-refractivity contribution is 9.10. The molecule has 0 saturated carbocycles. The summed E-state index contributed by atoms with van der Waals surface area (Å²) in [6, 6.07) is 9.84. The van der Waals surface area contributed by atoms with E-state index in [-0.39, 0.29) is 30.1 Å². The van der Waals surface area contributed by atoms with Crippen molar-refractivity contribution in [3.05, 3.63) is 67.7 Å². The fourth-order valence-electron chi connectivity index (χ4n) is 2.28. The Morgan fingerprint density at radius 1 is 1.12 bits per heavy atom. The minimum absolute atomic E-state index is 0.0889. The molecule has 0 radical (unpaired) electrons. The third-order valence-corrected chi connectivity index (χ3v) is 4.27. The maximum Gasteiger partial charge on any atom is 0.273 e. The molecule has 0 saturated heterocycles. The van der Waals surface area contributed by atoms with E-state index in [1.807, 2.05) is 19.1 Å². The number of nitro groups is 1. The Balaban J connectivity index is 1.90. The van der Waals surface area contributed by atoms with Gasteiger partial charge in [0, 0.05) is 40.3 Å². The van der Waals surface area contributed by atoms with Crippen molar-refractivity contribution in [2.24, 2.45) is 0 Å². The average Bonchev–Trinajstić information content (AvgIpc) is 2.58.